The second-order valence-corrected chi connectivity index (χ2v) is 3.58. The average Bonchev–Trinajstić information content (AvgIpc) is 2.40. The number of anilines is 1. The van der Waals surface area contributed by atoms with Crippen LogP contribution in [0.15, 0.2) is 18.3 Å². The summed E-state index contributed by atoms with van der Waals surface area (Å²) in [5, 5.41) is 8.63. The van der Waals surface area contributed by atoms with Crippen molar-refractivity contribution in [3.8, 4) is 6.07 Å². The Morgan fingerprint density at radius 2 is 2.33 bits per heavy atom. The highest BCUT2D eigenvalue weighted by Crippen LogP contribution is 2.18. The lowest BCUT2D eigenvalue weighted by Crippen LogP contribution is -2.27. The molecule has 1 aromatic heterocycles. The van der Waals surface area contributed by atoms with Crippen LogP contribution in [0.2, 0.25) is 0 Å². The van der Waals surface area contributed by atoms with Crippen molar-refractivity contribution in [3.63, 3.8) is 0 Å². The molecule has 5 nitrogen and oxygen atoms in total. The maximum atomic E-state index is 11.8. The van der Waals surface area contributed by atoms with Crippen LogP contribution < -0.4 is 4.90 Å². The maximum absolute atomic E-state index is 11.8. The molecule has 0 spiro atoms. The fourth-order valence-corrected chi connectivity index (χ4v) is 1.62. The van der Waals surface area contributed by atoms with Crippen molar-refractivity contribution in [1.82, 2.24) is 4.98 Å². The molecule has 0 saturated carbocycles. The van der Waals surface area contributed by atoms with Gasteiger partial charge in [-0.25, -0.2) is 9.78 Å². The van der Waals surface area contributed by atoms with Crippen LogP contribution in [0.5, 0.6) is 0 Å². The summed E-state index contributed by atoms with van der Waals surface area (Å²) in [7, 11) is 0. The van der Waals surface area contributed by atoms with E-state index < -0.39 is 0 Å². The predicted octanol–water partition coefficient (Wildman–Crippen LogP) is 2.00. The first-order valence-electron chi connectivity index (χ1n) is 5.98. The van der Waals surface area contributed by atoms with E-state index >= 15 is 0 Å². The zero-order valence-electron chi connectivity index (χ0n) is 10.7. The number of ether oxygens (including phenoxy) is 1. The van der Waals surface area contributed by atoms with Crippen LogP contribution in [-0.4, -0.2) is 30.6 Å². The Morgan fingerprint density at radius 3 is 2.94 bits per heavy atom. The molecule has 0 aliphatic heterocycles. The largest absolute Gasteiger partial charge is 0.462 e. The lowest BCUT2D eigenvalue weighted by Gasteiger charge is -2.22. The number of pyridine rings is 1. The molecule has 1 heterocycles. The van der Waals surface area contributed by atoms with Gasteiger partial charge in [-0.05, 0) is 26.0 Å². The van der Waals surface area contributed by atoms with Crippen LogP contribution in [0.3, 0.4) is 0 Å². The molecule has 0 bridgehead atoms. The lowest BCUT2D eigenvalue weighted by molar-refractivity contribution is 0.0526. The molecule has 1 aromatic rings. The van der Waals surface area contributed by atoms with E-state index in [1.165, 1.54) is 0 Å². The van der Waals surface area contributed by atoms with Crippen molar-refractivity contribution < 1.29 is 9.53 Å². The number of carbonyl (C=O) groups excluding carboxylic acids is 1. The molecule has 96 valence electrons. The molecule has 0 atom stereocenters. The molecule has 0 aliphatic carbocycles. The highest BCUT2D eigenvalue weighted by molar-refractivity contribution is 5.94. The number of carbonyl (C=O) groups is 1. The van der Waals surface area contributed by atoms with Gasteiger partial charge in [-0.3, -0.25) is 0 Å². The molecule has 0 amide bonds. The number of nitrogens with zero attached hydrogens (tertiary/aromatic N) is 3. The second kappa shape index (κ2) is 7.28. The third-order valence-corrected chi connectivity index (χ3v) is 2.46. The predicted molar refractivity (Wildman–Crippen MR) is 68.3 cm³/mol. The lowest BCUT2D eigenvalue weighted by atomic mass is 10.2. The first-order valence-corrected chi connectivity index (χ1v) is 5.98. The number of esters is 1. The fraction of sp³-hybridized carbons (Fsp3) is 0.462. The van der Waals surface area contributed by atoms with Crippen molar-refractivity contribution in [2.45, 2.75) is 20.3 Å². The third kappa shape index (κ3) is 3.45. The van der Waals surface area contributed by atoms with Gasteiger partial charge in [0.15, 0.2) is 0 Å². The first-order chi connectivity index (χ1) is 8.74. The van der Waals surface area contributed by atoms with Crippen LogP contribution in [0.25, 0.3) is 0 Å². The summed E-state index contributed by atoms with van der Waals surface area (Å²) >= 11 is 0. The summed E-state index contributed by atoms with van der Waals surface area (Å²) in [4.78, 5) is 17.9. The molecule has 1 rings (SSSR count). The minimum absolute atomic E-state index is 0.331. The van der Waals surface area contributed by atoms with Crippen molar-refractivity contribution in [2.24, 2.45) is 0 Å². The fourth-order valence-electron chi connectivity index (χ4n) is 1.62. The Hall–Kier alpha value is -2.09. The molecule has 0 fully saturated rings. The van der Waals surface area contributed by atoms with Crippen LogP contribution in [0, 0.1) is 11.3 Å². The van der Waals surface area contributed by atoms with Gasteiger partial charge in [0.2, 0.25) is 0 Å². The summed E-state index contributed by atoms with van der Waals surface area (Å²) in [6, 6.07) is 5.48. The molecule has 5 heteroatoms. The van der Waals surface area contributed by atoms with E-state index in [9.17, 15) is 4.79 Å². The zero-order valence-corrected chi connectivity index (χ0v) is 10.7. The number of aromatic nitrogens is 1. The standard InChI is InChI=1S/C13H17N3O2/c1-3-16(10-6-8-14)12-11(7-5-9-15-12)13(17)18-4-2/h5,7,9H,3-4,6,10H2,1-2H3. The van der Waals surface area contributed by atoms with E-state index in [1.54, 1.807) is 25.3 Å². The average molecular weight is 247 g/mol. The van der Waals surface area contributed by atoms with Crippen molar-refractivity contribution in [3.05, 3.63) is 23.9 Å². The van der Waals surface area contributed by atoms with Gasteiger partial charge in [0, 0.05) is 19.3 Å². The number of hydrogen-bond acceptors (Lipinski definition) is 5. The monoisotopic (exact) mass is 247 g/mol. The topological polar surface area (TPSA) is 66.2 Å². The summed E-state index contributed by atoms with van der Waals surface area (Å²) in [5.41, 5.74) is 0.444. The third-order valence-electron chi connectivity index (χ3n) is 2.46. The van der Waals surface area contributed by atoms with Gasteiger partial charge >= 0.3 is 5.97 Å². The summed E-state index contributed by atoms with van der Waals surface area (Å²) < 4.78 is 5.00. The Morgan fingerprint density at radius 1 is 1.56 bits per heavy atom. The molecule has 0 radical (unpaired) electrons. The van der Waals surface area contributed by atoms with Crippen molar-refractivity contribution >= 4 is 11.8 Å². The molecule has 0 aliphatic rings. The van der Waals surface area contributed by atoms with Crippen molar-refractivity contribution in [1.29, 1.82) is 5.26 Å². The zero-order chi connectivity index (χ0) is 13.4. The van der Waals surface area contributed by atoms with Crippen LogP contribution >= 0.6 is 0 Å². The van der Waals surface area contributed by atoms with E-state index in [4.69, 9.17) is 10.00 Å². The van der Waals surface area contributed by atoms with E-state index in [0.29, 0.717) is 37.5 Å². The Labute approximate surface area is 107 Å². The Balaban J connectivity index is 2.99. The van der Waals surface area contributed by atoms with Gasteiger partial charge in [0.1, 0.15) is 11.4 Å². The number of nitriles is 1. The Kier molecular flexibility index (Phi) is 5.65. The van der Waals surface area contributed by atoms with Gasteiger partial charge < -0.3 is 9.64 Å². The summed E-state index contributed by atoms with van der Waals surface area (Å²) in [5.74, 6) is 0.199. The van der Waals surface area contributed by atoms with Gasteiger partial charge in [-0.15, -0.1) is 0 Å². The minimum Gasteiger partial charge on any atom is -0.462 e. The molecule has 0 N–H and O–H groups in total. The quantitative estimate of drug-likeness (QED) is 0.719. The van der Waals surface area contributed by atoms with Crippen LogP contribution in [-0.2, 0) is 4.74 Å². The van der Waals surface area contributed by atoms with Crippen LogP contribution in [0.1, 0.15) is 30.6 Å². The molecule has 0 saturated heterocycles. The van der Waals surface area contributed by atoms with E-state index in [-0.39, 0.29) is 5.97 Å². The highest BCUT2D eigenvalue weighted by atomic mass is 16.5. The number of rotatable bonds is 6. The minimum atomic E-state index is -0.379. The Bertz CT molecular complexity index is 440. The van der Waals surface area contributed by atoms with Crippen molar-refractivity contribution in [2.75, 3.05) is 24.6 Å². The van der Waals surface area contributed by atoms with Gasteiger partial charge in [0.25, 0.3) is 0 Å². The molecule has 18 heavy (non-hydrogen) atoms. The smallest absolute Gasteiger partial charge is 0.341 e. The maximum Gasteiger partial charge on any atom is 0.341 e. The first kappa shape index (κ1) is 14.0. The normalized spacial score (nSPS) is 9.61. The highest BCUT2D eigenvalue weighted by Gasteiger charge is 2.17. The summed E-state index contributed by atoms with van der Waals surface area (Å²) in [6.45, 7) is 5.29. The van der Waals surface area contributed by atoms with Gasteiger partial charge in [-0.1, -0.05) is 0 Å². The van der Waals surface area contributed by atoms with Crippen LogP contribution in [0.4, 0.5) is 5.82 Å². The van der Waals surface area contributed by atoms with Gasteiger partial charge in [0.05, 0.1) is 19.1 Å². The molecule has 0 aromatic carbocycles. The molecular weight excluding hydrogens is 230 g/mol. The number of hydrogen-bond donors (Lipinski definition) is 0. The van der Waals surface area contributed by atoms with E-state index in [1.807, 2.05) is 11.8 Å². The second-order valence-electron chi connectivity index (χ2n) is 3.58. The molecule has 0 unspecified atom stereocenters. The van der Waals surface area contributed by atoms with E-state index in [2.05, 4.69) is 11.1 Å². The summed E-state index contributed by atoms with van der Waals surface area (Å²) in [6.07, 6.45) is 2.03. The van der Waals surface area contributed by atoms with Gasteiger partial charge in [-0.2, -0.15) is 5.26 Å². The molecular formula is C13H17N3O2. The SMILES string of the molecule is CCOC(=O)c1cccnc1N(CC)CCC#N. The van der Waals surface area contributed by atoms with E-state index in [0.717, 1.165) is 0 Å².